The Hall–Kier alpha value is -3.49. The van der Waals surface area contributed by atoms with Crippen molar-refractivity contribution in [2.24, 2.45) is 0 Å². The zero-order chi connectivity index (χ0) is 30.3. The van der Waals surface area contributed by atoms with Crippen LogP contribution in [0.25, 0.3) is 44.9 Å². The number of imidazole rings is 2. The SMILES string of the molecule is CC(C)S(=O)(=O)n1c(N)nc2ccc(-c3nc(-c4c(Cl)cccc4Cl)[nH]c3-c3ccc(F)cc3)cc21.CS(=O)(=O)O. The van der Waals surface area contributed by atoms with E-state index in [0.29, 0.717) is 61.2 Å². The number of hydrogen-bond acceptors (Lipinski definition) is 7. The third kappa shape index (κ3) is 6.54. The first-order valence-electron chi connectivity index (χ1n) is 11.8. The lowest BCUT2D eigenvalue weighted by Crippen LogP contribution is -2.23. The molecule has 0 aliphatic rings. The molecule has 0 radical (unpaired) electrons. The molecule has 5 aromatic rings. The van der Waals surface area contributed by atoms with E-state index in [9.17, 15) is 21.2 Å². The van der Waals surface area contributed by atoms with Gasteiger partial charge in [-0.2, -0.15) is 8.42 Å². The number of halogens is 3. The minimum absolute atomic E-state index is 0.125. The van der Waals surface area contributed by atoms with Crippen molar-refractivity contribution >= 4 is 60.3 Å². The molecule has 2 heterocycles. The van der Waals surface area contributed by atoms with Gasteiger partial charge in [0.15, 0.2) is 0 Å². The van der Waals surface area contributed by atoms with Gasteiger partial charge < -0.3 is 10.7 Å². The van der Waals surface area contributed by atoms with Crippen molar-refractivity contribution in [2.45, 2.75) is 19.1 Å². The highest BCUT2D eigenvalue weighted by Crippen LogP contribution is 2.39. The molecule has 4 N–H and O–H groups in total. The number of nitrogen functional groups attached to an aromatic ring is 1. The van der Waals surface area contributed by atoms with Gasteiger partial charge in [-0.1, -0.05) is 35.3 Å². The number of hydrogen-bond donors (Lipinski definition) is 3. The number of anilines is 1. The molecule has 2 aromatic heterocycles. The van der Waals surface area contributed by atoms with E-state index in [2.05, 4.69) is 9.97 Å². The number of H-pyrrole nitrogens is 1. The molecule has 3 aromatic carbocycles. The molecule has 0 amide bonds. The van der Waals surface area contributed by atoms with Gasteiger partial charge in [0.25, 0.3) is 10.1 Å². The van der Waals surface area contributed by atoms with E-state index in [4.69, 9.17) is 38.5 Å². The van der Waals surface area contributed by atoms with Gasteiger partial charge in [-0.3, -0.25) is 4.55 Å². The third-order valence-corrected chi connectivity index (χ3v) is 8.51. The van der Waals surface area contributed by atoms with E-state index in [1.54, 1.807) is 62.4 Å². The van der Waals surface area contributed by atoms with Crippen LogP contribution in [0.3, 0.4) is 0 Å². The summed E-state index contributed by atoms with van der Waals surface area (Å²) in [5, 5.41) is 0.0885. The number of nitrogens with two attached hydrogens (primary N) is 1. The molecule has 216 valence electrons. The first-order chi connectivity index (χ1) is 19.1. The summed E-state index contributed by atoms with van der Waals surface area (Å²) in [4.78, 5) is 12.3. The second kappa shape index (κ2) is 11.4. The highest BCUT2D eigenvalue weighted by atomic mass is 35.5. The Morgan fingerprint density at radius 1 is 0.951 bits per heavy atom. The van der Waals surface area contributed by atoms with Crippen molar-refractivity contribution in [1.29, 1.82) is 0 Å². The van der Waals surface area contributed by atoms with E-state index in [-0.39, 0.29) is 11.8 Å². The van der Waals surface area contributed by atoms with Gasteiger partial charge in [0.2, 0.25) is 16.0 Å². The van der Waals surface area contributed by atoms with Crippen molar-refractivity contribution < 1.29 is 25.8 Å². The van der Waals surface area contributed by atoms with Gasteiger partial charge in [0.1, 0.15) is 11.6 Å². The first kappa shape index (κ1) is 30.5. The predicted octanol–water partition coefficient (Wildman–Crippen LogP) is 5.88. The Bertz CT molecular complexity index is 1950. The minimum Gasteiger partial charge on any atom is -0.368 e. The molecule has 41 heavy (non-hydrogen) atoms. The standard InChI is InChI=1S/C25H20Cl2FN5O2S.CH4O3S/c1-13(2)36(34,35)33-20-12-15(8-11-19(20)30-25(33)29)23-22(14-6-9-16(28)10-7-14)31-24(32-23)21-17(26)4-3-5-18(21)27;1-5(2,3)4/h3-13H,1-2H3,(H2,29,30)(H,31,32);1H3,(H,2,3,4). The number of rotatable bonds is 5. The Kier molecular flexibility index (Phi) is 8.48. The highest BCUT2D eigenvalue weighted by Gasteiger charge is 2.26. The average Bonchev–Trinajstić information content (AvgIpc) is 3.44. The van der Waals surface area contributed by atoms with Crippen LogP contribution >= 0.6 is 23.2 Å². The van der Waals surface area contributed by atoms with Crippen LogP contribution in [-0.4, -0.2) is 51.8 Å². The van der Waals surface area contributed by atoms with Crippen molar-refractivity contribution in [1.82, 2.24) is 18.9 Å². The van der Waals surface area contributed by atoms with Crippen molar-refractivity contribution in [3.05, 3.63) is 76.5 Å². The van der Waals surface area contributed by atoms with Crippen LogP contribution in [0.2, 0.25) is 10.0 Å². The fraction of sp³-hybridized carbons (Fsp3) is 0.154. The lowest BCUT2D eigenvalue weighted by atomic mass is 10.0. The van der Waals surface area contributed by atoms with Crippen LogP contribution in [0.5, 0.6) is 0 Å². The molecule has 10 nitrogen and oxygen atoms in total. The summed E-state index contributed by atoms with van der Waals surface area (Å²) in [5.74, 6) is -0.100. The van der Waals surface area contributed by atoms with Gasteiger partial charge in [-0.25, -0.2) is 26.7 Å². The second-order valence-electron chi connectivity index (χ2n) is 9.18. The Morgan fingerprint density at radius 3 is 2.07 bits per heavy atom. The van der Waals surface area contributed by atoms with Crippen LogP contribution in [0, 0.1) is 5.82 Å². The molecule has 5 rings (SSSR count). The van der Waals surface area contributed by atoms with Crippen LogP contribution < -0.4 is 5.73 Å². The summed E-state index contributed by atoms with van der Waals surface area (Å²) < 4.78 is 66.6. The van der Waals surface area contributed by atoms with Gasteiger partial charge in [0, 0.05) is 11.1 Å². The van der Waals surface area contributed by atoms with Crippen LogP contribution in [0.15, 0.2) is 60.7 Å². The predicted molar refractivity (Wildman–Crippen MR) is 160 cm³/mol. The molecular formula is C26H24Cl2FN5O5S2. The zero-order valence-electron chi connectivity index (χ0n) is 21.8. The highest BCUT2D eigenvalue weighted by molar-refractivity contribution is 7.90. The van der Waals surface area contributed by atoms with Crippen molar-refractivity contribution in [2.75, 3.05) is 12.0 Å². The van der Waals surface area contributed by atoms with Crippen LogP contribution in [-0.2, 0) is 20.1 Å². The monoisotopic (exact) mass is 639 g/mol. The molecule has 0 spiro atoms. The van der Waals surface area contributed by atoms with Gasteiger partial charge in [0.05, 0.1) is 49.5 Å². The van der Waals surface area contributed by atoms with Gasteiger partial charge >= 0.3 is 0 Å². The number of nitrogens with one attached hydrogen (secondary N) is 1. The van der Waals surface area contributed by atoms with Crippen LogP contribution in [0.1, 0.15) is 13.8 Å². The molecule has 0 fully saturated rings. The van der Waals surface area contributed by atoms with Crippen molar-refractivity contribution in [3.8, 4) is 33.9 Å². The summed E-state index contributed by atoms with van der Waals surface area (Å²) in [7, 11) is -7.45. The molecule has 15 heteroatoms. The molecule has 0 bridgehead atoms. The number of aromatic amines is 1. The summed E-state index contributed by atoms with van der Waals surface area (Å²) >= 11 is 12.9. The zero-order valence-corrected chi connectivity index (χ0v) is 24.9. The molecule has 0 saturated carbocycles. The summed E-state index contributed by atoms with van der Waals surface area (Å²) in [6.45, 7) is 3.15. The maximum atomic E-state index is 13.7. The van der Waals surface area contributed by atoms with E-state index in [0.717, 1.165) is 3.97 Å². The average molecular weight is 641 g/mol. The number of benzene rings is 3. The third-order valence-electron chi connectivity index (χ3n) is 5.80. The molecule has 0 atom stereocenters. The first-order valence-corrected chi connectivity index (χ1v) is 15.9. The fourth-order valence-electron chi connectivity index (χ4n) is 3.95. The maximum absolute atomic E-state index is 13.7. The van der Waals surface area contributed by atoms with E-state index in [1.807, 2.05) is 0 Å². The fourth-order valence-corrected chi connectivity index (χ4v) is 5.67. The molecule has 0 aliphatic heterocycles. The Balaban J connectivity index is 0.000000714. The molecule has 0 unspecified atom stereocenters. The minimum atomic E-state index is -3.78. The lowest BCUT2D eigenvalue weighted by Gasteiger charge is -2.11. The Morgan fingerprint density at radius 2 is 1.51 bits per heavy atom. The Labute approximate surface area is 245 Å². The summed E-state index contributed by atoms with van der Waals surface area (Å²) in [6, 6.07) is 16.2. The van der Waals surface area contributed by atoms with Crippen LogP contribution in [0.4, 0.5) is 10.3 Å². The summed E-state index contributed by atoms with van der Waals surface area (Å²) in [6.07, 6.45) is 0.715. The molecule has 0 aliphatic carbocycles. The smallest absolute Gasteiger partial charge is 0.261 e. The van der Waals surface area contributed by atoms with E-state index < -0.39 is 25.4 Å². The number of nitrogens with zero attached hydrogens (tertiary/aromatic N) is 3. The quantitative estimate of drug-likeness (QED) is 0.201. The normalized spacial score (nSPS) is 12.0. The summed E-state index contributed by atoms with van der Waals surface area (Å²) in [5.41, 5.74) is 9.57. The number of aromatic nitrogens is 4. The topological polar surface area (TPSA) is 161 Å². The van der Waals surface area contributed by atoms with E-state index >= 15 is 0 Å². The lowest BCUT2D eigenvalue weighted by molar-refractivity contribution is 0.490. The molecular weight excluding hydrogens is 616 g/mol. The maximum Gasteiger partial charge on any atom is 0.261 e. The second-order valence-corrected chi connectivity index (χ2v) is 13.8. The van der Waals surface area contributed by atoms with Gasteiger partial charge in [-0.05, 0) is 62.4 Å². The van der Waals surface area contributed by atoms with E-state index in [1.165, 1.54) is 12.1 Å². The van der Waals surface area contributed by atoms with Gasteiger partial charge in [-0.15, -0.1) is 0 Å². The van der Waals surface area contributed by atoms with Crippen molar-refractivity contribution in [3.63, 3.8) is 0 Å². The molecule has 0 saturated heterocycles. The number of fused-ring (bicyclic) bond motifs is 1. The largest absolute Gasteiger partial charge is 0.368 e.